The summed E-state index contributed by atoms with van der Waals surface area (Å²) in [4.78, 5) is 66.0. The number of hydrogen-bond donors (Lipinski definition) is 2. The Morgan fingerprint density at radius 3 is 2.28 bits per heavy atom. The molecule has 5 amide bonds. The third-order valence-electron chi connectivity index (χ3n) is 7.82. The topological polar surface area (TPSA) is 134 Å². The van der Waals surface area contributed by atoms with Crippen LogP contribution in [-0.4, -0.2) is 69.6 Å². The number of alkyl carbamates (subject to hydrolysis) is 1. The molecule has 1 aliphatic carbocycles. The maximum Gasteiger partial charge on any atom is 0.418 e. The minimum absolute atomic E-state index is 0.00105. The number of halogens is 4. The number of fused-ring (bicyclic) bond motifs is 2. The molecule has 2 aromatic carbocycles. The van der Waals surface area contributed by atoms with E-state index in [2.05, 4.69) is 10.6 Å². The summed E-state index contributed by atoms with van der Waals surface area (Å²) in [6.45, 7) is 7.22. The SMILES string of the molecule is C[C@H](N(Cc1ccc(F)cc1)C(=O)CN1C(=O)O[C@@]2(CCc3cc(NC(=O)C(C)(C)NC(=O)OC(C)(C)C)ccc32)C1=O)C(F)(F)F. The molecule has 15 heteroatoms. The van der Waals surface area contributed by atoms with Crippen molar-refractivity contribution >= 4 is 35.6 Å². The van der Waals surface area contributed by atoms with Crippen molar-refractivity contribution in [2.24, 2.45) is 0 Å². The number of ether oxygens (including phenoxy) is 2. The average Bonchev–Trinajstić information content (AvgIpc) is 3.42. The molecular formula is C32H36F4N4O7. The highest BCUT2D eigenvalue weighted by molar-refractivity contribution is 6.06. The van der Waals surface area contributed by atoms with E-state index in [1.54, 1.807) is 26.8 Å². The summed E-state index contributed by atoms with van der Waals surface area (Å²) in [5.74, 6) is -3.25. The number of rotatable bonds is 8. The molecule has 47 heavy (non-hydrogen) atoms. The summed E-state index contributed by atoms with van der Waals surface area (Å²) in [5, 5.41) is 5.20. The van der Waals surface area contributed by atoms with Crippen LogP contribution >= 0.6 is 0 Å². The van der Waals surface area contributed by atoms with Gasteiger partial charge in [-0.15, -0.1) is 0 Å². The minimum atomic E-state index is -4.83. The lowest BCUT2D eigenvalue weighted by atomic mass is 9.94. The van der Waals surface area contributed by atoms with Crippen molar-refractivity contribution in [1.29, 1.82) is 0 Å². The van der Waals surface area contributed by atoms with Crippen LogP contribution in [0.1, 0.15) is 64.7 Å². The molecule has 0 bridgehead atoms. The van der Waals surface area contributed by atoms with Gasteiger partial charge in [0, 0.05) is 24.2 Å². The number of aryl methyl sites for hydroxylation is 1. The molecule has 254 valence electrons. The first kappa shape index (κ1) is 35.2. The van der Waals surface area contributed by atoms with E-state index in [9.17, 15) is 41.5 Å². The first-order valence-electron chi connectivity index (χ1n) is 14.7. The van der Waals surface area contributed by atoms with E-state index in [4.69, 9.17) is 9.47 Å². The summed E-state index contributed by atoms with van der Waals surface area (Å²) < 4.78 is 65.2. The van der Waals surface area contributed by atoms with Gasteiger partial charge in [0.15, 0.2) is 0 Å². The first-order valence-corrected chi connectivity index (χ1v) is 14.7. The number of amides is 5. The number of nitrogens with one attached hydrogen (secondary N) is 2. The Bertz CT molecular complexity index is 1590. The number of carbonyl (C=O) groups is 5. The van der Waals surface area contributed by atoms with E-state index >= 15 is 0 Å². The highest BCUT2D eigenvalue weighted by Gasteiger charge is 2.58. The first-order chi connectivity index (χ1) is 21.6. The van der Waals surface area contributed by atoms with Crippen molar-refractivity contribution in [3.8, 4) is 0 Å². The number of imide groups is 1. The molecule has 1 spiro atoms. The van der Waals surface area contributed by atoms with Gasteiger partial charge in [-0.25, -0.2) is 18.9 Å². The second-order valence-corrected chi connectivity index (χ2v) is 13.0. The highest BCUT2D eigenvalue weighted by Crippen LogP contribution is 2.46. The van der Waals surface area contributed by atoms with Gasteiger partial charge in [-0.3, -0.25) is 14.4 Å². The molecular weight excluding hydrogens is 628 g/mol. The van der Waals surface area contributed by atoms with Crippen LogP contribution in [0.5, 0.6) is 0 Å². The van der Waals surface area contributed by atoms with Gasteiger partial charge in [0.1, 0.15) is 29.5 Å². The van der Waals surface area contributed by atoms with Crippen molar-refractivity contribution in [1.82, 2.24) is 15.1 Å². The number of nitrogens with zero attached hydrogens (tertiary/aromatic N) is 2. The van der Waals surface area contributed by atoms with Gasteiger partial charge < -0.3 is 25.0 Å². The van der Waals surface area contributed by atoms with E-state index in [0.29, 0.717) is 26.6 Å². The van der Waals surface area contributed by atoms with Crippen LogP contribution in [0.3, 0.4) is 0 Å². The Kier molecular flexibility index (Phi) is 9.35. The number of alkyl halides is 3. The van der Waals surface area contributed by atoms with E-state index < -0.39 is 77.8 Å². The van der Waals surface area contributed by atoms with E-state index in [1.807, 2.05) is 0 Å². The minimum Gasteiger partial charge on any atom is -0.444 e. The zero-order chi connectivity index (χ0) is 35.1. The average molecular weight is 665 g/mol. The second kappa shape index (κ2) is 12.5. The van der Waals surface area contributed by atoms with Gasteiger partial charge in [0.25, 0.3) is 5.91 Å². The zero-order valence-corrected chi connectivity index (χ0v) is 26.7. The maximum absolute atomic E-state index is 13.7. The molecule has 0 radical (unpaired) electrons. The number of anilines is 1. The van der Waals surface area contributed by atoms with E-state index in [0.717, 1.165) is 19.1 Å². The predicted octanol–water partition coefficient (Wildman–Crippen LogP) is 5.17. The Morgan fingerprint density at radius 2 is 1.68 bits per heavy atom. The van der Waals surface area contributed by atoms with Crippen LogP contribution in [0.15, 0.2) is 42.5 Å². The van der Waals surface area contributed by atoms with Crippen LogP contribution in [0.2, 0.25) is 0 Å². The van der Waals surface area contributed by atoms with Gasteiger partial charge in [-0.05, 0) is 83.4 Å². The lowest BCUT2D eigenvalue weighted by molar-refractivity contribution is -0.187. The molecule has 1 aliphatic heterocycles. The molecule has 11 nitrogen and oxygen atoms in total. The van der Waals surface area contributed by atoms with Gasteiger partial charge in [0.05, 0.1) is 0 Å². The van der Waals surface area contributed by atoms with Crippen molar-refractivity contribution in [3.05, 3.63) is 65.0 Å². The monoisotopic (exact) mass is 664 g/mol. The highest BCUT2D eigenvalue weighted by atomic mass is 19.4. The van der Waals surface area contributed by atoms with E-state index in [1.165, 1.54) is 38.1 Å². The molecule has 4 rings (SSSR count). The predicted molar refractivity (Wildman–Crippen MR) is 159 cm³/mol. The summed E-state index contributed by atoms with van der Waals surface area (Å²) in [7, 11) is 0. The Morgan fingerprint density at radius 1 is 1.04 bits per heavy atom. The van der Waals surface area contributed by atoms with Crippen molar-refractivity contribution in [2.45, 2.75) is 89.9 Å². The normalized spacial score (nSPS) is 18.5. The standard InChI is InChI=1S/C32H36F4N4O7/c1-18(32(34,35)36)39(16-19-7-9-21(33)10-8-19)24(41)17-40-26(43)31(47-28(40)45)14-13-20-15-22(11-12-23(20)31)37-25(42)30(5,6)38-27(44)46-29(2,3)4/h7-12,15,18H,13-14,16-17H2,1-6H3,(H,37,42)(H,38,44)/t18-,31+/m0/s1. The lowest BCUT2D eigenvalue weighted by Crippen LogP contribution is -2.53. The van der Waals surface area contributed by atoms with Gasteiger partial charge >= 0.3 is 18.4 Å². The molecule has 1 heterocycles. The van der Waals surface area contributed by atoms with Crippen LogP contribution in [0.4, 0.5) is 32.8 Å². The third kappa shape index (κ3) is 7.66. The summed E-state index contributed by atoms with van der Waals surface area (Å²) in [6, 6.07) is 6.78. The molecule has 0 unspecified atom stereocenters. The number of carbonyl (C=O) groups excluding carboxylic acids is 5. The summed E-state index contributed by atoms with van der Waals surface area (Å²) in [5.41, 5.74) is -2.56. The largest absolute Gasteiger partial charge is 0.444 e. The molecule has 0 aromatic heterocycles. The van der Waals surface area contributed by atoms with E-state index in [-0.39, 0.29) is 18.4 Å². The van der Waals surface area contributed by atoms with Crippen molar-refractivity contribution < 1.29 is 51.0 Å². The van der Waals surface area contributed by atoms with Crippen LogP contribution in [0, 0.1) is 5.82 Å². The van der Waals surface area contributed by atoms with Crippen molar-refractivity contribution in [2.75, 3.05) is 11.9 Å². The zero-order valence-electron chi connectivity index (χ0n) is 26.7. The Hall–Kier alpha value is -4.69. The fourth-order valence-electron chi connectivity index (χ4n) is 5.26. The summed E-state index contributed by atoms with van der Waals surface area (Å²) >= 11 is 0. The molecule has 2 aromatic rings. The second-order valence-electron chi connectivity index (χ2n) is 13.0. The third-order valence-corrected chi connectivity index (χ3v) is 7.82. The molecule has 2 aliphatic rings. The smallest absolute Gasteiger partial charge is 0.418 e. The van der Waals surface area contributed by atoms with Crippen molar-refractivity contribution in [3.63, 3.8) is 0 Å². The van der Waals surface area contributed by atoms with Gasteiger partial charge in [-0.2, -0.15) is 13.2 Å². The lowest BCUT2D eigenvalue weighted by Gasteiger charge is -2.31. The number of benzene rings is 2. The molecule has 1 fully saturated rings. The van der Waals surface area contributed by atoms with Crippen LogP contribution < -0.4 is 10.6 Å². The fourth-order valence-corrected chi connectivity index (χ4v) is 5.26. The Labute approximate surface area is 268 Å². The summed E-state index contributed by atoms with van der Waals surface area (Å²) in [6.07, 6.45) is -6.57. The van der Waals surface area contributed by atoms with Gasteiger partial charge in [0.2, 0.25) is 17.4 Å². The Balaban J connectivity index is 1.50. The molecule has 2 atom stereocenters. The maximum atomic E-state index is 13.7. The quantitative estimate of drug-likeness (QED) is 0.372. The van der Waals surface area contributed by atoms with Crippen LogP contribution in [-0.2, 0) is 42.4 Å². The fraction of sp³-hybridized carbons (Fsp3) is 0.469. The molecule has 1 saturated heterocycles. The number of hydrogen-bond acceptors (Lipinski definition) is 7. The van der Waals surface area contributed by atoms with Crippen LogP contribution in [0.25, 0.3) is 0 Å². The van der Waals surface area contributed by atoms with Gasteiger partial charge in [-0.1, -0.05) is 18.2 Å². The molecule has 2 N–H and O–H groups in total. The molecule has 0 saturated carbocycles.